The van der Waals surface area contributed by atoms with E-state index in [1.807, 2.05) is 0 Å². The Bertz CT molecular complexity index is 683. The normalized spacial score (nSPS) is 11.3. The number of anilines is 2. The molecule has 1 aromatic heterocycles. The summed E-state index contributed by atoms with van der Waals surface area (Å²) in [6.07, 6.45) is 1.52. The molecule has 0 aliphatic carbocycles. The molecule has 0 amide bonds. The van der Waals surface area contributed by atoms with Crippen molar-refractivity contribution in [2.75, 3.05) is 17.1 Å². The number of benzene rings is 1. The molecule has 1 aromatic carbocycles. The molecule has 100 valence electrons. The molecule has 0 unspecified atom stereocenters. The van der Waals surface area contributed by atoms with Gasteiger partial charge in [0.15, 0.2) is 0 Å². The molecular weight excluding hydrogens is 264 g/mol. The lowest BCUT2D eigenvalue weighted by Crippen LogP contribution is -2.28. The molecule has 0 saturated heterocycles. The fourth-order valence-electron chi connectivity index (χ4n) is 1.49. The molecule has 0 saturated carbocycles. The van der Waals surface area contributed by atoms with Gasteiger partial charge in [-0.15, -0.1) is 0 Å². The number of aryl methyl sites for hydroxylation is 1. The number of nitrogens with two attached hydrogens (primary N) is 1. The van der Waals surface area contributed by atoms with Crippen LogP contribution in [-0.2, 0) is 10.0 Å². The molecule has 6 nitrogen and oxygen atoms in total. The van der Waals surface area contributed by atoms with E-state index < -0.39 is 10.0 Å². The number of hydrogen-bond donors (Lipinski definition) is 1. The van der Waals surface area contributed by atoms with Crippen molar-refractivity contribution in [3.05, 3.63) is 42.2 Å². The minimum absolute atomic E-state index is 0.136. The van der Waals surface area contributed by atoms with Gasteiger partial charge in [0.1, 0.15) is 0 Å². The zero-order chi connectivity index (χ0) is 14.0. The highest BCUT2D eigenvalue weighted by Crippen LogP contribution is 2.19. The Hall–Kier alpha value is -2.15. The van der Waals surface area contributed by atoms with Crippen LogP contribution in [0.1, 0.15) is 5.69 Å². The SMILES string of the molecule is Cc1ccnc(N(C)S(=O)(=O)c2ccc(N)cc2)n1. The Balaban J connectivity index is 2.42. The van der Waals surface area contributed by atoms with E-state index in [-0.39, 0.29) is 10.8 Å². The van der Waals surface area contributed by atoms with E-state index in [1.54, 1.807) is 13.0 Å². The molecule has 2 aromatic rings. The molecule has 0 aliphatic heterocycles. The summed E-state index contributed by atoms with van der Waals surface area (Å²) in [7, 11) is -2.26. The third-order valence-electron chi connectivity index (χ3n) is 2.60. The van der Waals surface area contributed by atoms with E-state index in [2.05, 4.69) is 9.97 Å². The minimum atomic E-state index is -3.67. The summed E-state index contributed by atoms with van der Waals surface area (Å²) in [6.45, 7) is 1.77. The molecule has 0 radical (unpaired) electrons. The molecular formula is C12H14N4O2S. The van der Waals surface area contributed by atoms with Crippen LogP contribution in [0.5, 0.6) is 0 Å². The van der Waals surface area contributed by atoms with E-state index in [4.69, 9.17) is 5.73 Å². The average molecular weight is 278 g/mol. The van der Waals surface area contributed by atoms with Crippen LogP contribution >= 0.6 is 0 Å². The van der Waals surface area contributed by atoms with Crippen molar-refractivity contribution in [3.8, 4) is 0 Å². The Morgan fingerprint density at radius 2 is 1.79 bits per heavy atom. The second kappa shape index (κ2) is 4.85. The van der Waals surface area contributed by atoms with E-state index in [1.165, 1.54) is 37.5 Å². The van der Waals surface area contributed by atoms with Crippen LogP contribution in [-0.4, -0.2) is 25.4 Å². The van der Waals surface area contributed by atoms with Crippen LogP contribution in [0.4, 0.5) is 11.6 Å². The highest BCUT2D eigenvalue weighted by atomic mass is 32.2. The van der Waals surface area contributed by atoms with Gasteiger partial charge in [-0.2, -0.15) is 0 Å². The van der Waals surface area contributed by atoms with Crippen LogP contribution in [0.15, 0.2) is 41.4 Å². The number of nitrogen functional groups attached to an aromatic ring is 1. The Kier molecular flexibility index (Phi) is 3.39. The summed E-state index contributed by atoms with van der Waals surface area (Å²) in [6, 6.07) is 7.69. The molecule has 0 aliphatic rings. The predicted octanol–water partition coefficient (Wildman–Crippen LogP) is 1.19. The summed E-state index contributed by atoms with van der Waals surface area (Å²) in [5, 5.41) is 0. The molecule has 0 atom stereocenters. The lowest BCUT2D eigenvalue weighted by molar-refractivity contribution is 0.593. The maximum absolute atomic E-state index is 12.4. The van der Waals surface area contributed by atoms with Gasteiger partial charge in [-0.25, -0.2) is 22.7 Å². The summed E-state index contributed by atoms with van der Waals surface area (Å²) in [4.78, 5) is 8.20. The van der Waals surface area contributed by atoms with Crippen molar-refractivity contribution < 1.29 is 8.42 Å². The number of sulfonamides is 1. The minimum Gasteiger partial charge on any atom is -0.399 e. The molecule has 19 heavy (non-hydrogen) atoms. The van der Waals surface area contributed by atoms with Gasteiger partial charge in [0.05, 0.1) is 4.90 Å². The molecule has 7 heteroatoms. The first-order valence-electron chi connectivity index (χ1n) is 5.55. The number of hydrogen-bond acceptors (Lipinski definition) is 5. The third kappa shape index (κ3) is 2.65. The summed E-state index contributed by atoms with van der Waals surface area (Å²) < 4.78 is 25.8. The monoisotopic (exact) mass is 278 g/mol. The smallest absolute Gasteiger partial charge is 0.266 e. The number of rotatable bonds is 3. The lowest BCUT2D eigenvalue weighted by atomic mass is 10.3. The fourth-order valence-corrected chi connectivity index (χ4v) is 2.59. The molecule has 2 N–H and O–H groups in total. The first-order valence-corrected chi connectivity index (χ1v) is 6.99. The highest BCUT2D eigenvalue weighted by molar-refractivity contribution is 7.92. The zero-order valence-electron chi connectivity index (χ0n) is 10.6. The Morgan fingerprint density at radius 1 is 1.16 bits per heavy atom. The molecule has 0 bridgehead atoms. The predicted molar refractivity (Wildman–Crippen MR) is 73.2 cm³/mol. The summed E-state index contributed by atoms with van der Waals surface area (Å²) in [5.74, 6) is 0.136. The maximum atomic E-state index is 12.4. The van der Waals surface area contributed by atoms with Gasteiger partial charge in [0, 0.05) is 24.6 Å². The average Bonchev–Trinajstić information content (AvgIpc) is 2.38. The topological polar surface area (TPSA) is 89.2 Å². The first-order chi connectivity index (χ1) is 8.91. The second-order valence-electron chi connectivity index (χ2n) is 4.04. The number of nitrogens with zero attached hydrogens (tertiary/aromatic N) is 3. The molecule has 2 rings (SSSR count). The standard InChI is InChI=1S/C12H14N4O2S/c1-9-7-8-14-12(15-9)16(2)19(17,18)11-5-3-10(13)4-6-11/h3-8H,13H2,1-2H3. The van der Waals surface area contributed by atoms with Gasteiger partial charge in [-0.1, -0.05) is 0 Å². The van der Waals surface area contributed by atoms with Crippen molar-refractivity contribution >= 4 is 21.7 Å². The quantitative estimate of drug-likeness (QED) is 0.852. The Morgan fingerprint density at radius 3 is 2.37 bits per heavy atom. The highest BCUT2D eigenvalue weighted by Gasteiger charge is 2.23. The lowest BCUT2D eigenvalue weighted by Gasteiger charge is -2.17. The van der Waals surface area contributed by atoms with Crippen LogP contribution in [0.2, 0.25) is 0 Å². The third-order valence-corrected chi connectivity index (χ3v) is 4.35. The fraction of sp³-hybridized carbons (Fsp3) is 0.167. The number of aromatic nitrogens is 2. The van der Waals surface area contributed by atoms with Gasteiger partial charge in [0.25, 0.3) is 10.0 Å². The summed E-state index contributed by atoms with van der Waals surface area (Å²) >= 11 is 0. The van der Waals surface area contributed by atoms with Crippen LogP contribution in [0.3, 0.4) is 0 Å². The first kappa shape index (κ1) is 13.3. The largest absolute Gasteiger partial charge is 0.399 e. The van der Waals surface area contributed by atoms with Gasteiger partial charge >= 0.3 is 0 Å². The van der Waals surface area contributed by atoms with Crippen molar-refractivity contribution in [1.29, 1.82) is 0 Å². The van der Waals surface area contributed by atoms with E-state index in [9.17, 15) is 8.42 Å². The van der Waals surface area contributed by atoms with E-state index in [0.717, 1.165) is 4.31 Å². The van der Waals surface area contributed by atoms with Crippen LogP contribution in [0, 0.1) is 6.92 Å². The van der Waals surface area contributed by atoms with Gasteiger partial charge in [-0.05, 0) is 37.3 Å². The summed E-state index contributed by atoms with van der Waals surface area (Å²) in [5.41, 5.74) is 6.75. The van der Waals surface area contributed by atoms with E-state index >= 15 is 0 Å². The molecule has 1 heterocycles. The van der Waals surface area contributed by atoms with Gasteiger partial charge in [-0.3, -0.25) is 0 Å². The second-order valence-corrected chi connectivity index (χ2v) is 6.01. The van der Waals surface area contributed by atoms with Crippen molar-refractivity contribution in [2.45, 2.75) is 11.8 Å². The van der Waals surface area contributed by atoms with Gasteiger partial charge < -0.3 is 5.73 Å². The molecule has 0 fully saturated rings. The Labute approximate surface area is 112 Å². The van der Waals surface area contributed by atoms with Crippen LogP contribution < -0.4 is 10.0 Å². The zero-order valence-corrected chi connectivity index (χ0v) is 11.4. The van der Waals surface area contributed by atoms with Crippen molar-refractivity contribution in [2.24, 2.45) is 0 Å². The molecule has 0 spiro atoms. The van der Waals surface area contributed by atoms with Crippen molar-refractivity contribution in [1.82, 2.24) is 9.97 Å². The van der Waals surface area contributed by atoms with Gasteiger partial charge in [0.2, 0.25) is 5.95 Å². The van der Waals surface area contributed by atoms with Crippen LogP contribution in [0.25, 0.3) is 0 Å². The van der Waals surface area contributed by atoms with E-state index in [0.29, 0.717) is 11.4 Å². The maximum Gasteiger partial charge on any atom is 0.266 e. The van der Waals surface area contributed by atoms with Crippen molar-refractivity contribution in [3.63, 3.8) is 0 Å².